The number of ether oxygens (including phenoxy) is 1. The van der Waals surface area contributed by atoms with Gasteiger partial charge in [0.2, 0.25) is 5.91 Å². The molecule has 1 amide bonds. The predicted molar refractivity (Wildman–Crippen MR) is 106 cm³/mol. The molecule has 1 N–H and O–H groups in total. The molecule has 4 nitrogen and oxygen atoms in total. The van der Waals surface area contributed by atoms with E-state index in [4.69, 9.17) is 4.74 Å². The maximum atomic E-state index is 14.2. The molecule has 2 aromatic rings. The molecule has 1 unspecified atom stereocenters. The number of carbonyl (C=O) groups excluding carboxylic acids is 1. The summed E-state index contributed by atoms with van der Waals surface area (Å²) >= 11 is 0. The van der Waals surface area contributed by atoms with E-state index in [0.29, 0.717) is 23.1 Å². The number of nitrogens with zero attached hydrogens (tertiary/aromatic N) is 1. The molecular weight excluding hydrogens is 381 g/mol. The van der Waals surface area contributed by atoms with Gasteiger partial charge in [-0.3, -0.25) is 10.2 Å². The molecule has 29 heavy (non-hydrogen) atoms. The lowest BCUT2D eigenvalue weighted by Crippen LogP contribution is -2.51. The Morgan fingerprint density at radius 3 is 2.59 bits per heavy atom. The van der Waals surface area contributed by atoms with E-state index in [1.54, 1.807) is 44.2 Å². The number of hydrazine groups is 1. The number of benzene rings is 2. The van der Waals surface area contributed by atoms with E-state index >= 15 is 0 Å². The van der Waals surface area contributed by atoms with Crippen LogP contribution >= 0.6 is 0 Å². The number of halogens is 3. The Morgan fingerprint density at radius 2 is 1.97 bits per heavy atom. The van der Waals surface area contributed by atoms with E-state index in [0.717, 1.165) is 24.3 Å². The fourth-order valence-electron chi connectivity index (χ4n) is 3.84. The molecule has 0 bridgehead atoms. The highest BCUT2D eigenvalue weighted by atomic mass is 19.4. The second-order valence-electron chi connectivity index (χ2n) is 8.12. The van der Waals surface area contributed by atoms with Crippen molar-refractivity contribution in [2.24, 2.45) is 0 Å². The number of alkyl halides is 3. The van der Waals surface area contributed by atoms with E-state index in [2.05, 4.69) is 12.3 Å². The van der Waals surface area contributed by atoms with Gasteiger partial charge in [-0.2, -0.15) is 18.2 Å². The first-order valence-corrected chi connectivity index (χ1v) is 9.94. The SMILES string of the molecule is CCCCCOc1ccc2c(C(N3NC(=O)CC3(C)C)C(F)(F)F)cccc2c1. The molecule has 7 heteroatoms. The Hall–Kier alpha value is -2.28. The average Bonchev–Trinajstić information content (AvgIpc) is 2.89. The van der Waals surface area contributed by atoms with Gasteiger partial charge in [-0.05, 0) is 48.7 Å². The Labute approximate surface area is 169 Å². The van der Waals surface area contributed by atoms with Crippen LogP contribution in [0.15, 0.2) is 36.4 Å². The average molecular weight is 408 g/mol. The highest BCUT2D eigenvalue weighted by Crippen LogP contribution is 2.44. The summed E-state index contributed by atoms with van der Waals surface area (Å²) in [5.41, 5.74) is 1.57. The summed E-state index contributed by atoms with van der Waals surface area (Å²) in [6.07, 6.45) is -1.44. The number of fused-ring (bicyclic) bond motifs is 1. The minimum absolute atomic E-state index is 0.0140. The van der Waals surface area contributed by atoms with Gasteiger partial charge >= 0.3 is 6.18 Å². The number of hydrogen-bond acceptors (Lipinski definition) is 3. The molecule has 3 rings (SSSR count). The summed E-state index contributed by atoms with van der Waals surface area (Å²) in [4.78, 5) is 11.9. The monoisotopic (exact) mass is 408 g/mol. The van der Waals surface area contributed by atoms with Crippen molar-refractivity contribution in [2.45, 2.75) is 64.2 Å². The number of hydrogen-bond donors (Lipinski definition) is 1. The lowest BCUT2D eigenvalue weighted by Gasteiger charge is -2.38. The maximum Gasteiger partial charge on any atom is 0.409 e. The lowest BCUT2D eigenvalue weighted by atomic mass is 9.93. The second-order valence-corrected chi connectivity index (χ2v) is 8.12. The first-order valence-electron chi connectivity index (χ1n) is 9.94. The molecule has 0 aliphatic carbocycles. The maximum absolute atomic E-state index is 14.2. The standard InChI is InChI=1S/C22H27F3N2O2/c1-4-5-6-12-29-16-10-11-17-15(13-16)8-7-9-18(17)20(22(23,24)25)27-21(2,3)14-19(28)26-27/h7-11,13,20H,4-6,12,14H2,1-3H3,(H,26,28). The van der Waals surface area contributed by atoms with Crippen molar-refractivity contribution >= 4 is 16.7 Å². The van der Waals surface area contributed by atoms with Crippen LogP contribution in [0.5, 0.6) is 5.75 Å². The van der Waals surface area contributed by atoms with Crippen LogP contribution in [-0.4, -0.2) is 29.2 Å². The predicted octanol–water partition coefficient (Wildman–Crippen LogP) is 5.53. The molecule has 0 aromatic heterocycles. The zero-order valence-corrected chi connectivity index (χ0v) is 17.0. The minimum Gasteiger partial charge on any atom is -0.494 e. The normalized spacial score (nSPS) is 18.1. The van der Waals surface area contributed by atoms with Crippen molar-refractivity contribution in [1.29, 1.82) is 0 Å². The Balaban J connectivity index is 1.98. The zero-order chi connectivity index (χ0) is 21.2. The summed E-state index contributed by atoms with van der Waals surface area (Å²) in [7, 11) is 0. The third-order valence-corrected chi connectivity index (χ3v) is 5.26. The van der Waals surface area contributed by atoms with Gasteiger partial charge in [-0.15, -0.1) is 0 Å². The van der Waals surface area contributed by atoms with Crippen LogP contribution in [0.4, 0.5) is 13.2 Å². The van der Waals surface area contributed by atoms with Crippen LogP contribution in [0.2, 0.25) is 0 Å². The van der Waals surface area contributed by atoms with Crippen molar-refractivity contribution in [2.75, 3.05) is 6.61 Å². The van der Waals surface area contributed by atoms with E-state index in [1.165, 1.54) is 6.07 Å². The van der Waals surface area contributed by atoms with Crippen LogP contribution < -0.4 is 10.2 Å². The summed E-state index contributed by atoms with van der Waals surface area (Å²) in [5.74, 6) is 0.233. The lowest BCUT2D eigenvalue weighted by molar-refractivity contribution is -0.203. The van der Waals surface area contributed by atoms with Crippen molar-refractivity contribution in [1.82, 2.24) is 10.4 Å². The third-order valence-electron chi connectivity index (χ3n) is 5.26. The van der Waals surface area contributed by atoms with Gasteiger partial charge in [0.25, 0.3) is 0 Å². The van der Waals surface area contributed by atoms with Gasteiger partial charge < -0.3 is 4.74 Å². The van der Waals surface area contributed by atoms with E-state index < -0.39 is 23.7 Å². The number of unbranched alkanes of at least 4 members (excludes halogenated alkanes) is 2. The number of rotatable bonds is 7. The molecule has 0 saturated carbocycles. The van der Waals surface area contributed by atoms with Crippen molar-refractivity contribution in [3.8, 4) is 5.75 Å². The van der Waals surface area contributed by atoms with E-state index in [9.17, 15) is 18.0 Å². The van der Waals surface area contributed by atoms with Gasteiger partial charge in [0.15, 0.2) is 6.04 Å². The molecular formula is C22H27F3N2O2. The van der Waals surface area contributed by atoms with Gasteiger partial charge in [0.1, 0.15) is 5.75 Å². The second kappa shape index (κ2) is 8.22. The van der Waals surface area contributed by atoms with Crippen LogP contribution in [0, 0.1) is 0 Å². The van der Waals surface area contributed by atoms with Gasteiger partial charge in [-0.25, -0.2) is 0 Å². The topological polar surface area (TPSA) is 41.6 Å². The Morgan fingerprint density at radius 1 is 1.21 bits per heavy atom. The zero-order valence-electron chi connectivity index (χ0n) is 17.0. The van der Waals surface area contributed by atoms with Crippen molar-refractivity contribution in [3.05, 3.63) is 42.0 Å². The molecule has 1 saturated heterocycles. The largest absolute Gasteiger partial charge is 0.494 e. The van der Waals surface area contributed by atoms with Crippen LogP contribution in [0.1, 0.15) is 58.1 Å². The highest BCUT2D eigenvalue weighted by molar-refractivity contribution is 5.87. The number of amides is 1. The fraction of sp³-hybridized carbons (Fsp3) is 0.500. The first-order chi connectivity index (χ1) is 13.6. The summed E-state index contributed by atoms with van der Waals surface area (Å²) in [6.45, 7) is 5.96. The van der Waals surface area contributed by atoms with Gasteiger partial charge in [0, 0.05) is 12.0 Å². The molecule has 1 fully saturated rings. The highest BCUT2D eigenvalue weighted by Gasteiger charge is 2.53. The molecule has 1 heterocycles. The first kappa shape index (κ1) is 21.4. The molecule has 1 atom stereocenters. The molecule has 0 radical (unpaired) electrons. The third kappa shape index (κ3) is 4.66. The summed E-state index contributed by atoms with van der Waals surface area (Å²) < 4.78 is 48.2. The quantitative estimate of drug-likeness (QED) is 0.613. The number of carbonyl (C=O) groups is 1. The van der Waals surface area contributed by atoms with Crippen LogP contribution in [-0.2, 0) is 4.79 Å². The number of nitrogens with one attached hydrogen (secondary N) is 1. The van der Waals surface area contributed by atoms with E-state index in [-0.39, 0.29) is 12.0 Å². The fourth-order valence-corrected chi connectivity index (χ4v) is 3.84. The summed E-state index contributed by atoms with van der Waals surface area (Å²) in [6, 6.07) is 8.07. The molecule has 1 aliphatic heterocycles. The minimum atomic E-state index is -4.56. The van der Waals surface area contributed by atoms with Crippen molar-refractivity contribution in [3.63, 3.8) is 0 Å². The van der Waals surface area contributed by atoms with Gasteiger partial charge in [-0.1, -0.05) is 44.0 Å². The molecule has 2 aromatic carbocycles. The van der Waals surface area contributed by atoms with Gasteiger partial charge in [0.05, 0.1) is 6.61 Å². The smallest absolute Gasteiger partial charge is 0.409 e. The van der Waals surface area contributed by atoms with Crippen molar-refractivity contribution < 1.29 is 22.7 Å². The Kier molecular flexibility index (Phi) is 6.08. The van der Waals surface area contributed by atoms with Crippen LogP contribution in [0.25, 0.3) is 10.8 Å². The Bertz CT molecular complexity index is 880. The van der Waals surface area contributed by atoms with Crippen LogP contribution in [0.3, 0.4) is 0 Å². The molecule has 1 aliphatic rings. The van der Waals surface area contributed by atoms with E-state index in [1.807, 2.05) is 0 Å². The molecule has 0 spiro atoms. The molecule has 158 valence electrons. The summed E-state index contributed by atoms with van der Waals surface area (Å²) in [5, 5.41) is 2.21.